The van der Waals surface area contributed by atoms with Gasteiger partial charge in [0.25, 0.3) is 0 Å². The van der Waals surface area contributed by atoms with Gasteiger partial charge in [0.15, 0.2) is 5.78 Å². The topological polar surface area (TPSA) is 29.1 Å². The second-order valence-corrected chi connectivity index (χ2v) is 3.27. The van der Waals surface area contributed by atoms with Gasteiger partial charge in [-0.15, -0.1) is 0 Å². The fraction of sp³-hybridized carbons (Fsp3) is 0.364. The van der Waals surface area contributed by atoms with E-state index in [2.05, 4.69) is 5.32 Å². The molecule has 0 amide bonds. The molecular formula is C11H15NO. The summed E-state index contributed by atoms with van der Waals surface area (Å²) in [4.78, 5) is 11.6. The van der Waals surface area contributed by atoms with E-state index in [-0.39, 0.29) is 5.78 Å². The highest BCUT2D eigenvalue weighted by Gasteiger charge is 2.07. The zero-order valence-electron chi connectivity index (χ0n) is 8.35. The van der Waals surface area contributed by atoms with Crippen LogP contribution in [0.5, 0.6) is 0 Å². The molecule has 0 aliphatic rings. The Morgan fingerprint density at radius 2 is 2.08 bits per heavy atom. The first-order valence-corrected chi connectivity index (χ1v) is 4.40. The minimum Gasteiger partial charge on any atom is -0.313 e. The van der Waals surface area contributed by atoms with Gasteiger partial charge in [-0.25, -0.2) is 0 Å². The molecule has 0 aromatic heterocycles. The van der Waals surface area contributed by atoms with Crippen molar-refractivity contribution in [1.29, 1.82) is 0 Å². The van der Waals surface area contributed by atoms with Gasteiger partial charge in [0, 0.05) is 5.56 Å². The molecule has 13 heavy (non-hydrogen) atoms. The van der Waals surface area contributed by atoms with Gasteiger partial charge in [-0.2, -0.15) is 0 Å². The zero-order chi connectivity index (χ0) is 9.84. The van der Waals surface area contributed by atoms with Crippen molar-refractivity contribution in [3.63, 3.8) is 0 Å². The Morgan fingerprint density at radius 1 is 1.38 bits per heavy atom. The maximum Gasteiger partial charge on any atom is 0.176 e. The van der Waals surface area contributed by atoms with E-state index < -0.39 is 0 Å². The Hall–Kier alpha value is -1.15. The number of benzene rings is 1. The highest BCUT2D eigenvalue weighted by Crippen LogP contribution is 2.10. The van der Waals surface area contributed by atoms with E-state index in [1.54, 1.807) is 7.05 Å². The molecule has 2 nitrogen and oxygen atoms in total. The molecule has 0 atom stereocenters. The minimum absolute atomic E-state index is 0.156. The Kier molecular flexibility index (Phi) is 3.20. The third-order valence-electron chi connectivity index (χ3n) is 2.03. The predicted molar refractivity (Wildman–Crippen MR) is 54.2 cm³/mol. The summed E-state index contributed by atoms with van der Waals surface area (Å²) in [5, 5.41) is 2.86. The molecule has 0 fully saturated rings. The number of nitrogens with one attached hydrogen (secondary N) is 1. The van der Waals surface area contributed by atoms with Crippen LogP contribution in [0.2, 0.25) is 0 Å². The van der Waals surface area contributed by atoms with E-state index >= 15 is 0 Å². The lowest BCUT2D eigenvalue weighted by Crippen LogP contribution is -2.19. The molecule has 1 aromatic rings. The van der Waals surface area contributed by atoms with Crippen LogP contribution in [0.4, 0.5) is 0 Å². The molecule has 2 heteroatoms. The summed E-state index contributed by atoms with van der Waals surface area (Å²) in [6.45, 7) is 4.36. The standard InChI is InChI=1S/C11H15NO/c1-8-4-5-9(2)10(6-8)11(13)7-12-3/h4-6,12H,7H2,1-3H3. The van der Waals surface area contributed by atoms with Crippen molar-refractivity contribution in [2.24, 2.45) is 0 Å². The number of Topliss-reactive ketones (excluding diaryl/α,β-unsaturated/α-hetero) is 1. The third kappa shape index (κ3) is 2.39. The molecule has 0 radical (unpaired) electrons. The van der Waals surface area contributed by atoms with E-state index in [0.717, 1.165) is 16.7 Å². The summed E-state index contributed by atoms with van der Waals surface area (Å²) in [5.74, 6) is 0.156. The first-order valence-electron chi connectivity index (χ1n) is 4.40. The number of rotatable bonds is 3. The molecule has 0 bridgehead atoms. The van der Waals surface area contributed by atoms with Crippen LogP contribution in [0, 0.1) is 13.8 Å². The largest absolute Gasteiger partial charge is 0.313 e. The summed E-state index contributed by atoms with van der Waals surface area (Å²) < 4.78 is 0. The average Bonchev–Trinajstić information content (AvgIpc) is 2.09. The lowest BCUT2D eigenvalue weighted by Gasteiger charge is -2.05. The van der Waals surface area contributed by atoms with Crippen LogP contribution in [0.15, 0.2) is 18.2 Å². The van der Waals surface area contributed by atoms with Crippen LogP contribution in [0.25, 0.3) is 0 Å². The molecule has 0 aliphatic heterocycles. The van der Waals surface area contributed by atoms with Crippen LogP contribution >= 0.6 is 0 Å². The van der Waals surface area contributed by atoms with E-state index in [9.17, 15) is 4.79 Å². The second-order valence-electron chi connectivity index (χ2n) is 3.27. The smallest absolute Gasteiger partial charge is 0.176 e. The Morgan fingerprint density at radius 3 is 2.69 bits per heavy atom. The molecule has 0 unspecified atom stereocenters. The minimum atomic E-state index is 0.156. The lowest BCUT2D eigenvalue weighted by atomic mass is 10.0. The maximum atomic E-state index is 11.6. The van der Waals surface area contributed by atoms with Gasteiger partial charge in [-0.1, -0.05) is 17.7 Å². The molecule has 0 spiro atoms. The number of carbonyl (C=O) groups is 1. The predicted octanol–water partition coefficient (Wildman–Crippen LogP) is 1.71. The Bertz CT molecular complexity index is 318. The fourth-order valence-corrected chi connectivity index (χ4v) is 1.29. The van der Waals surface area contributed by atoms with E-state index in [1.165, 1.54) is 0 Å². The molecule has 0 heterocycles. The molecule has 1 N–H and O–H groups in total. The summed E-state index contributed by atoms with van der Waals surface area (Å²) in [6, 6.07) is 5.94. The Balaban J connectivity index is 2.99. The lowest BCUT2D eigenvalue weighted by molar-refractivity contribution is 0.0993. The van der Waals surface area contributed by atoms with E-state index in [1.807, 2.05) is 32.0 Å². The highest BCUT2D eigenvalue weighted by atomic mass is 16.1. The molecule has 70 valence electrons. The van der Waals surface area contributed by atoms with Gasteiger partial charge < -0.3 is 5.32 Å². The van der Waals surface area contributed by atoms with Crippen LogP contribution in [0.3, 0.4) is 0 Å². The maximum absolute atomic E-state index is 11.6. The molecule has 1 rings (SSSR count). The van der Waals surface area contributed by atoms with Crippen molar-refractivity contribution in [3.05, 3.63) is 34.9 Å². The summed E-state index contributed by atoms with van der Waals surface area (Å²) in [5.41, 5.74) is 3.00. The van der Waals surface area contributed by atoms with Gasteiger partial charge in [0.1, 0.15) is 0 Å². The van der Waals surface area contributed by atoms with Crippen LogP contribution in [0.1, 0.15) is 21.5 Å². The number of hydrogen-bond donors (Lipinski definition) is 1. The van der Waals surface area contributed by atoms with Crippen molar-refractivity contribution in [3.8, 4) is 0 Å². The highest BCUT2D eigenvalue weighted by molar-refractivity contribution is 5.99. The van der Waals surface area contributed by atoms with Crippen LogP contribution < -0.4 is 5.32 Å². The van der Waals surface area contributed by atoms with Gasteiger partial charge in [-0.3, -0.25) is 4.79 Å². The monoisotopic (exact) mass is 177 g/mol. The van der Waals surface area contributed by atoms with Gasteiger partial charge in [0.2, 0.25) is 0 Å². The van der Waals surface area contributed by atoms with Gasteiger partial charge >= 0.3 is 0 Å². The van der Waals surface area contributed by atoms with Gasteiger partial charge in [0.05, 0.1) is 6.54 Å². The number of ketones is 1. The quantitative estimate of drug-likeness (QED) is 0.712. The summed E-state index contributed by atoms with van der Waals surface area (Å²) in [6.07, 6.45) is 0. The van der Waals surface area contributed by atoms with Gasteiger partial charge in [-0.05, 0) is 32.5 Å². The summed E-state index contributed by atoms with van der Waals surface area (Å²) in [7, 11) is 1.78. The third-order valence-corrected chi connectivity index (χ3v) is 2.03. The fourth-order valence-electron chi connectivity index (χ4n) is 1.29. The molecule has 0 saturated heterocycles. The Labute approximate surface area is 79.0 Å². The number of carbonyl (C=O) groups excluding carboxylic acids is 1. The zero-order valence-corrected chi connectivity index (χ0v) is 8.35. The molecule has 0 aliphatic carbocycles. The first kappa shape index (κ1) is 9.93. The van der Waals surface area contributed by atoms with Crippen molar-refractivity contribution in [1.82, 2.24) is 5.32 Å². The second kappa shape index (κ2) is 4.19. The normalized spacial score (nSPS) is 10.1. The average molecular weight is 177 g/mol. The molecular weight excluding hydrogens is 162 g/mol. The van der Waals surface area contributed by atoms with Crippen LogP contribution in [-0.2, 0) is 0 Å². The van der Waals surface area contributed by atoms with Crippen molar-refractivity contribution in [2.75, 3.05) is 13.6 Å². The van der Waals surface area contributed by atoms with Crippen molar-refractivity contribution in [2.45, 2.75) is 13.8 Å². The van der Waals surface area contributed by atoms with Crippen LogP contribution in [-0.4, -0.2) is 19.4 Å². The molecule has 0 saturated carbocycles. The summed E-state index contributed by atoms with van der Waals surface area (Å²) >= 11 is 0. The molecule has 1 aromatic carbocycles. The van der Waals surface area contributed by atoms with E-state index in [0.29, 0.717) is 6.54 Å². The van der Waals surface area contributed by atoms with Crippen molar-refractivity contribution >= 4 is 5.78 Å². The number of aryl methyl sites for hydroxylation is 2. The van der Waals surface area contributed by atoms with E-state index in [4.69, 9.17) is 0 Å². The number of likely N-dealkylation sites (N-methyl/N-ethyl adjacent to an activating group) is 1. The van der Waals surface area contributed by atoms with Crippen molar-refractivity contribution < 1.29 is 4.79 Å². The number of hydrogen-bond acceptors (Lipinski definition) is 2. The SMILES string of the molecule is CNCC(=O)c1cc(C)ccc1C. The first-order chi connectivity index (χ1) is 6.15.